The molecule has 0 amide bonds. The van der Waals surface area contributed by atoms with Gasteiger partial charge >= 0.3 is 5.97 Å². The quantitative estimate of drug-likeness (QED) is 0.754. The first-order valence-electron chi connectivity index (χ1n) is 5.09. The lowest BCUT2D eigenvalue weighted by Crippen LogP contribution is -2.46. The highest BCUT2D eigenvalue weighted by molar-refractivity contribution is 8.00. The number of carbonyl (C=O) groups is 1. The molecule has 3 unspecified atom stereocenters. The smallest absolute Gasteiger partial charge is 0.309 e. The Kier molecular flexibility index (Phi) is 3.84. The third kappa shape index (κ3) is 2.06. The monoisotopic (exact) mass is 218 g/mol. The molecule has 0 aromatic heterocycles. The van der Waals surface area contributed by atoms with E-state index >= 15 is 0 Å². The van der Waals surface area contributed by atoms with Gasteiger partial charge in [0.15, 0.2) is 0 Å². The Morgan fingerprint density at radius 1 is 1.71 bits per heavy atom. The third-order valence-electron chi connectivity index (χ3n) is 3.05. The van der Waals surface area contributed by atoms with Crippen LogP contribution in [0, 0.1) is 5.92 Å². The van der Waals surface area contributed by atoms with E-state index in [0.29, 0.717) is 12.8 Å². The van der Waals surface area contributed by atoms with Gasteiger partial charge in [-0.1, -0.05) is 20.3 Å². The van der Waals surface area contributed by atoms with Crippen molar-refractivity contribution in [1.29, 1.82) is 0 Å². The second kappa shape index (κ2) is 4.53. The van der Waals surface area contributed by atoms with Crippen LogP contribution in [0.15, 0.2) is 0 Å². The van der Waals surface area contributed by atoms with Gasteiger partial charge in [0.05, 0.1) is 11.5 Å². The second-order valence-corrected chi connectivity index (χ2v) is 5.38. The zero-order chi connectivity index (χ0) is 10.8. The summed E-state index contributed by atoms with van der Waals surface area (Å²) >= 11 is 1.66. The number of hydrogen-bond donors (Lipinski definition) is 2. The zero-order valence-electron chi connectivity index (χ0n) is 8.69. The van der Waals surface area contributed by atoms with Crippen LogP contribution in [0.5, 0.6) is 0 Å². The summed E-state index contributed by atoms with van der Waals surface area (Å²) in [5, 5.41) is 19.4. The van der Waals surface area contributed by atoms with Crippen LogP contribution in [-0.4, -0.2) is 32.8 Å². The fourth-order valence-electron chi connectivity index (χ4n) is 2.08. The van der Waals surface area contributed by atoms with Gasteiger partial charge in [-0.05, 0) is 18.6 Å². The van der Waals surface area contributed by atoms with Gasteiger partial charge < -0.3 is 10.2 Å². The minimum absolute atomic E-state index is 0.0372. The first kappa shape index (κ1) is 11.9. The van der Waals surface area contributed by atoms with Crippen LogP contribution in [0.4, 0.5) is 0 Å². The minimum Gasteiger partial charge on any atom is -0.481 e. The maximum atomic E-state index is 11.1. The van der Waals surface area contributed by atoms with Crippen LogP contribution in [-0.2, 0) is 4.79 Å². The highest BCUT2D eigenvalue weighted by atomic mass is 32.2. The Labute approximate surface area is 88.9 Å². The maximum Gasteiger partial charge on any atom is 0.309 e. The van der Waals surface area contributed by atoms with E-state index < -0.39 is 17.5 Å². The molecule has 4 heteroatoms. The van der Waals surface area contributed by atoms with Crippen molar-refractivity contribution < 1.29 is 15.0 Å². The van der Waals surface area contributed by atoms with Crippen molar-refractivity contribution in [3.05, 3.63) is 0 Å². The van der Waals surface area contributed by atoms with Crippen molar-refractivity contribution in [2.45, 2.75) is 44.0 Å². The summed E-state index contributed by atoms with van der Waals surface area (Å²) in [4.78, 5) is 11.1. The molecule has 0 aromatic carbocycles. The van der Waals surface area contributed by atoms with Gasteiger partial charge in [0.2, 0.25) is 0 Å². The van der Waals surface area contributed by atoms with Crippen LogP contribution in [0.3, 0.4) is 0 Å². The van der Waals surface area contributed by atoms with E-state index in [-0.39, 0.29) is 5.25 Å². The summed E-state index contributed by atoms with van der Waals surface area (Å²) in [6.07, 6.45) is 1.98. The second-order valence-electron chi connectivity index (χ2n) is 3.93. The Hall–Kier alpha value is -0.220. The lowest BCUT2D eigenvalue weighted by atomic mass is 9.80. The van der Waals surface area contributed by atoms with Gasteiger partial charge in [-0.25, -0.2) is 0 Å². The third-order valence-corrected chi connectivity index (χ3v) is 4.40. The van der Waals surface area contributed by atoms with Crippen LogP contribution in [0.1, 0.15) is 33.1 Å². The Bertz CT molecular complexity index is 219. The molecule has 3 atom stereocenters. The number of thioether (sulfide) groups is 1. The summed E-state index contributed by atoms with van der Waals surface area (Å²) in [6, 6.07) is 0. The van der Waals surface area contributed by atoms with Gasteiger partial charge in [0.1, 0.15) is 0 Å². The largest absolute Gasteiger partial charge is 0.481 e. The highest BCUT2D eigenvalue weighted by Gasteiger charge is 2.48. The topological polar surface area (TPSA) is 57.5 Å². The SMILES string of the molecule is CCCC(C(=O)O)C1(O)CCSC1C. The van der Waals surface area contributed by atoms with Crippen molar-refractivity contribution in [1.82, 2.24) is 0 Å². The number of carboxylic acids is 1. The first-order valence-corrected chi connectivity index (χ1v) is 6.14. The number of aliphatic carboxylic acids is 1. The molecule has 0 bridgehead atoms. The van der Waals surface area contributed by atoms with E-state index in [1.807, 2.05) is 13.8 Å². The molecule has 1 aliphatic heterocycles. The fourth-order valence-corrected chi connectivity index (χ4v) is 3.45. The molecular formula is C10H18O3S. The lowest BCUT2D eigenvalue weighted by molar-refractivity contribution is -0.152. The van der Waals surface area contributed by atoms with Crippen LogP contribution < -0.4 is 0 Å². The molecule has 1 rings (SSSR count). The molecule has 3 nitrogen and oxygen atoms in total. The van der Waals surface area contributed by atoms with Crippen molar-refractivity contribution in [3.63, 3.8) is 0 Å². The van der Waals surface area contributed by atoms with Crippen molar-refractivity contribution in [2.75, 3.05) is 5.75 Å². The summed E-state index contributed by atoms with van der Waals surface area (Å²) < 4.78 is 0. The van der Waals surface area contributed by atoms with Crippen molar-refractivity contribution in [2.24, 2.45) is 5.92 Å². The van der Waals surface area contributed by atoms with Crippen LogP contribution in [0.2, 0.25) is 0 Å². The molecule has 1 heterocycles. The van der Waals surface area contributed by atoms with Gasteiger partial charge in [0, 0.05) is 5.25 Å². The van der Waals surface area contributed by atoms with E-state index in [9.17, 15) is 9.90 Å². The summed E-state index contributed by atoms with van der Waals surface area (Å²) in [5.74, 6) is -0.591. The Morgan fingerprint density at radius 2 is 2.36 bits per heavy atom. The minimum atomic E-state index is -0.994. The van der Waals surface area contributed by atoms with Crippen LogP contribution in [0.25, 0.3) is 0 Å². The summed E-state index contributed by atoms with van der Waals surface area (Å²) in [5.41, 5.74) is -0.994. The number of aliphatic hydroxyl groups is 1. The molecule has 0 saturated carbocycles. The van der Waals surface area contributed by atoms with E-state index in [4.69, 9.17) is 5.11 Å². The average molecular weight is 218 g/mol. The molecule has 82 valence electrons. The lowest BCUT2D eigenvalue weighted by Gasteiger charge is -2.32. The maximum absolute atomic E-state index is 11.1. The standard InChI is InChI=1S/C10H18O3S/c1-3-4-8(9(11)12)10(13)5-6-14-7(10)2/h7-8,13H,3-6H2,1-2H3,(H,11,12). The van der Waals surface area contributed by atoms with E-state index in [0.717, 1.165) is 12.2 Å². The average Bonchev–Trinajstić information content (AvgIpc) is 2.43. The van der Waals surface area contributed by atoms with E-state index in [1.54, 1.807) is 11.8 Å². The van der Waals surface area contributed by atoms with E-state index in [1.165, 1.54) is 0 Å². The molecule has 0 aromatic rings. The van der Waals surface area contributed by atoms with Gasteiger partial charge in [-0.2, -0.15) is 11.8 Å². The predicted octanol–water partition coefficient (Wildman–Crippen LogP) is 1.74. The zero-order valence-corrected chi connectivity index (χ0v) is 9.51. The summed E-state index contributed by atoms with van der Waals surface area (Å²) in [6.45, 7) is 3.87. The molecule has 14 heavy (non-hydrogen) atoms. The normalized spacial score (nSPS) is 34.4. The molecule has 0 radical (unpaired) electrons. The molecule has 1 fully saturated rings. The van der Waals surface area contributed by atoms with Crippen molar-refractivity contribution >= 4 is 17.7 Å². The van der Waals surface area contributed by atoms with Crippen molar-refractivity contribution in [3.8, 4) is 0 Å². The molecule has 0 aliphatic carbocycles. The molecule has 1 saturated heterocycles. The van der Waals surface area contributed by atoms with Gasteiger partial charge in [-0.3, -0.25) is 4.79 Å². The molecular weight excluding hydrogens is 200 g/mol. The Morgan fingerprint density at radius 3 is 2.71 bits per heavy atom. The van der Waals surface area contributed by atoms with E-state index in [2.05, 4.69) is 0 Å². The number of hydrogen-bond acceptors (Lipinski definition) is 3. The fraction of sp³-hybridized carbons (Fsp3) is 0.900. The van der Waals surface area contributed by atoms with Crippen LogP contribution >= 0.6 is 11.8 Å². The number of carboxylic acid groups (broad SMARTS) is 1. The molecule has 0 spiro atoms. The molecule has 2 N–H and O–H groups in total. The highest BCUT2D eigenvalue weighted by Crippen LogP contribution is 2.42. The summed E-state index contributed by atoms with van der Waals surface area (Å²) in [7, 11) is 0. The van der Waals surface area contributed by atoms with Gasteiger partial charge in [-0.15, -0.1) is 0 Å². The number of rotatable bonds is 4. The Balaban J connectivity index is 2.80. The molecule has 1 aliphatic rings. The van der Waals surface area contributed by atoms with Gasteiger partial charge in [0.25, 0.3) is 0 Å². The predicted molar refractivity (Wildman–Crippen MR) is 57.5 cm³/mol. The first-order chi connectivity index (χ1) is 6.52.